The van der Waals surface area contributed by atoms with Crippen LogP contribution in [-0.2, 0) is 13.1 Å². The highest BCUT2D eigenvalue weighted by Crippen LogP contribution is 2.19. The summed E-state index contributed by atoms with van der Waals surface area (Å²) in [5.41, 5.74) is 0.980. The van der Waals surface area contributed by atoms with Crippen LogP contribution in [0.15, 0.2) is 22.2 Å². The third-order valence-electron chi connectivity index (χ3n) is 3.61. The molecule has 0 spiro atoms. The quantitative estimate of drug-likeness (QED) is 0.874. The molecule has 2 aromatic rings. The largest absolute Gasteiger partial charge is 0.360 e. The second-order valence-corrected chi connectivity index (χ2v) is 6.02. The molecule has 21 heavy (non-hydrogen) atoms. The van der Waals surface area contributed by atoms with E-state index < -0.39 is 0 Å². The van der Waals surface area contributed by atoms with Gasteiger partial charge in [-0.3, -0.25) is 4.90 Å². The molecule has 0 aliphatic carbocycles. The molecule has 3 rings (SSSR count). The number of thiazole rings is 1. The zero-order valence-electron chi connectivity index (χ0n) is 12.3. The Hall–Kier alpha value is -1.44. The van der Waals surface area contributed by atoms with Crippen molar-refractivity contribution in [1.82, 2.24) is 20.4 Å². The first-order valence-electron chi connectivity index (χ1n) is 7.37. The Labute approximate surface area is 128 Å². The van der Waals surface area contributed by atoms with Crippen LogP contribution in [-0.4, -0.2) is 47.8 Å². The molecule has 1 fully saturated rings. The van der Waals surface area contributed by atoms with Crippen LogP contribution in [0.3, 0.4) is 0 Å². The summed E-state index contributed by atoms with van der Waals surface area (Å²) in [7, 11) is 0. The lowest BCUT2D eigenvalue weighted by Crippen LogP contribution is -2.45. The number of nitrogens with zero attached hydrogens (tertiary/aromatic N) is 4. The van der Waals surface area contributed by atoms with Crippen molar-refractivity contribution in [3.63, 3.8) is 0 Å². The molecule has 0 bridgehead atoms. The Morgan fingerprint density at radius 2 is 2.19 bits per heavy atom. The first-order valence-corrected chi connectivity index (χ1v) is 8.25. The maximum Gasteiger partial charge on any atom is 0.185 e. The zero-order valence-corrected chi connectivity index (χ0v) is 13.1. The van der Waals surface area contributed by atoms with Crippen molar-refractivity contribution in [1.29, 1.82) is 0 Å². The van der Waals surface area contributed by atoms with Gasteiger partial charge in [-0.15, -0.1) is 11.3 Å². The highest BCUT2D eigenvalue weighted by Gasteiger charge is 2.19. The number of aromatic nitrogens is 2. The SMILES string of the molecule is CCNCc1cc(CN2CCN(c3nccs3)CC2)on1. The van der Waals surface area contributed by atoms with Gasteiger partial charge in [0.15, 0.2) is 10.9 Å². The average molecular weight is 307 g/mol. The summed E-state index contributed by atoms with van der Waals surface area (Å²) in [6.45, 7) is 8.75. The minimum absolute atomic E-state index is 0.776. The highest BCUT2D eigenvalue weighted by atomic mass is 32.1. The molecule has 0 radical (unpaired) electrons. The Balaban J connectivity index is 1.47. The molecule has 0 saturated carbocycles. The molecule has 1 N–H and O–H groups in total. The van der Waals surface area contributed by atoms with Crippen LogP contribution in [0, 0.1) is 0 Å². The lowest BCUT2D eigenvalue weighted by Gasteiger charge is -2.33. The fraction of sp³-hybridized carbons (Fsp3) is 0.571. The lowest BCUT2D eigenvalue weighted by atomic mass is 10.3. The van der Waals surface area contributed by atoms with Gasteiger partial charge in [0.05, 0.1) is 12.2 Å². The van der Waals surface area contributed by atoms with E-state index in [0.29, 0.717) is 0 Å². The van der Waals surface area contributed by atoms with E-state index >= 15 is 0 Å². The average Bonchev–Trinajstić information content (AvgIpc) is 3.17. The van der Waals surface area contributed by atoms with Crippen LogP contribution in [0.4, 0.5) is 5.13 Å². The third kappa shape index (κ3) is 3.81. The standard InChI is InChI=1S/C14H21N5OS/c1-2-15-10-12-9-13(20-17-12)11-18-4-6-19(7-5-18)14-16-3-8-21-14/h3,8-9,15H,2,4-7,10-11H2,1H3. The van der Waals surface area contributed by atoms with Crippen molar-refractivity contribution in [3.8, 4) is 0 Å². The molecule has 3 heterocycles. The van der Waals surface area contributed by atoms with Gasteiger partial charge in [0, 0.05) is 50.4 Å². The third-order valence-corrected chi connectivity index (χ3v) is 4.44. The molecule has 1 saturated heterocycles. The van der Waals surface area contributed by atoms with Gasteiger partial charge < -0.3 is 14.7 Å². The summed E-state index contributed by atoms with van der Waals surface area (Å²) < 4.78 is 5.41. The molecular formula is C14H21N5OS. The molecule has 6 nitrogen and oxygen atoms in total. The predicted octanol–water partition coefficient (Wildman–Crippen LogP) is 1.56. The van der Waals surface area contributed by atoms with Crippen LogP contribution < -0.4 is 10.2 Å². The normalized spacial score (nSPS) is 16.5. The number of hydrogen-bond acceptors (Lipinski definition) is 7. The number of rotatable bonds is 6. The molecule has 0 atom stereocenters. The Morgan fingerprint density at radius 1 is 1.33 bits per heavy atom. The van der Waals surface area contributed by atoms with E-state index in [4.69, 9.17) is 4.52 Å². The van der Waals surface area contributed by atoms with Crippen molar-refractivity contribution in [3.05, 3.63) is 29.1 Å². The summed E-state index contributed by atoms with van der Waals surface area (Å²) in [5, 5.41) is 10.5. The van der Waals surface area contributed by atoms with Crippen LogP contribution in [0.5, 0.6) is 0 Å². The van der Waals surface area contributed by atoms with Gasteiger partial charge in [0.2, 0.25) is 0 Å². The number of nitrogens with one attached hydrogen (secondary N) is 1. The van der Waals surface area contributed by atoms with Crippen LogP contribution in [0.2, 0.25) is 0 Å². The summed E-state index contributed by atoms with van der Waals surface area (Å²) in [6, 6.07) is 2.05. The number of hydrogen-bond donors (Lipinski definition) is 1. The summed E-state index contributed by atoms with van der Waals surface area (Å²) in [5.74, 6) is 0.950. The van der Waals surface area contributed by atoms with E-state index in [1.807, 2.05) is 11.6 Å². The molecule has 114 valence electrons. The van der Waals surface area contributed by atoms with Crippen molar-refractivity contribution >= 4 is 16.5 Å². The second kappa shape index (κ2) is 7.02. The van der Waals surface area contributed by atoms with Gasteiger partial charge in [0.25, 0.3) is 0 Å². The fourth-order valence-corrected chi connectivity index (χ4v) is 3.15. The minimum Gasteiger partial charge on any atom is -0.360 e. The van der Waals surface area contributed by atoms with Crippen LogP contribution >= 0.6 is 11.3 Å². The van der Waals surface area contributed by atoms with Crippen molar-refractivity contribution in [2.75, 3.05) is 37.6 Å². The van der Waals surface area contributed by atoms with Gasteiger partial charge >= 0.3 is 0 Å². The highest BCUT2D eigenvalue weighted by molar-refractivity contribution is 7.13. The molecular weight excluding hydrogens is 286 g/mol. The molecule has 2 aromatic heterocycles. The first-order chi connectivity index (χ1) is 10.3. The summed E-state index contributed by atoms with van der Waals surface area (Å²) >= 11 is 1.71. The van der Waals surface area contributed by atoms with Crippen molar-refractivity contribution in [2.24, 2.45) is 0 Å². The molecule has 7 heteroatoms. The van der Waals surface area contributed by atoms with Gasteiger partial charge in [0.1, 0.15) is 0 Å². The van der Waals surface area contributed by atoms with E-state index in [0.717, 1.165) is 62.4 Å². The smallest absolute Gasteiger partial charge is 0.185 e. The molecule has 0 amide bonds. The van der Waals surface area contributed by atoms with Gasteiger partial charge in [-0.1, -0.05) is 12.1 Å². The second-order valence-electron chi connectivity index (χ2n) is 5.14. The zero-order chi connectivity index (χ0) is 14.5. The number of anilines is 1. The fourth-order valence-electron chi connectivity index (χ4n) is 2.46. The topological polar surface area (TPSA) is 57.4 Å². The number of piperazine rings is 1. The predicted molar refractivity (Wildman–Crippen MR) is 83.5 cm³/mol. The van der Waals surface area contributed by atoms with Crippen molar-refractivity contribution in [2.45, 2.75) is 20.0 Å². The maximum atomic E-state index is 5.41. The Morgan fingerprint density at radius 3 is 2.90 bits per heavy atom. The lowest BCUT2D eigenvalue weighted by molar-refractivity contribution is 0.219. The summed E-state index contributed by atoms with van der Waals surface area (Å²) in [6.07, 6.45) is 1.87. The summed E-state index contributed by atoms with van der Waals surface area (Å²) in [4.78, 5) is 9.12. The van der Waals surface area contributed by atoms with Crippen LogP contribution in [0.25, 0.3) is 0 Å². The van der Waals surface area contributed by atoms with Gasteiger partial charge in [-0.25, -0.2) is 4.98 Å². The molecule has 0 aromatic carbocycles. The maximum absolute atomic E-state index is 5.41. The molecule has 1 aliphatic heterocycles. The molecule has 1 aliphatic rings. The van der Waals surface area contributed by atoms with E-state index in [-0.39, 0.29) is 0 Å². The van der Waals surface area contributed by atoms with Gasteiger partial charge in [-0.05, 0) is 6.54 Å². The van der Waals surface area contributed by atoms with E-state index in [1.165, 1.54) is 0 Å². The minimum atomic E-state index is 0.776. The van der Waals surface area contributed by atoms with Crippen molar-refractivity contribution < 1.29 is 4.52 Å². The van der Waals surface area contributed by atoms with E-state index in [1.54, 1.807) is 11.3 Å². The van der Waals surface area contributed by atoms with E-state index in [9.17, 15) is 0 Å². The first kappa shape index (κ1) is 14.5. The monoisotopic (exact) mass is 307 g/mol. The van der Waals surface area contributed by atoms with Gasteiger partial charge in [-0.2, -0.15) is 0 Å². The Bertz CT molecular complexity index is 533. The van der Waals surface area contributed by atoms with E-state index in [2.05, 4.69) is 38.2 Å². The Kier molecular flexibility index (Phi) is 4.84. The van der Waals surface area contributed by atoms with Crippen LogP contribution in [0.1, 0.15) is 18.4 Å². The molecule has 0 unspecified atom stereocenters.